The highest BCUT2D eigenvalue weighted by atomic mass is 79.9. The van der Waals surface area contributed by atoms with Crippen molar-refractivity contribution in [1.82, 2.24) is 0 Å². The fourth-order valence-electron chi connectivity index (χ4n) is 2.37. The zero-order valence-electron chi connectivity index (χ0n) is 10.3. The maximum Gasteiger partial charge on any atom is 0.0595 e. The molecule has 0 spiro atoms. The van der Waals surface area contributed by atoms with E-state index in [0.717, 1.165) is 18.9 Å². The standard InChI is InChI=1S/C14H17BrCl2O/c1-2-18-11-5-9(6-11)7-12(15)10-3-4-13(16)14(17)8-10/h3-4,8-9,11-12H,2,5-7H2,1H3. The van der Waals surface area contributed by atoms with Crippen molar-refractivity contribution in [1.29, 1.82) is 0 Å². The Hall–Kier alpha value is 0.240. The van der Waals surface area contributed by atoms with Gasteiger partial charge in [0.25, 0.3) is 0 Å². The van der Waals surface area contributed by atoms with E-state index in [1.165, 1.54) is 18.4 Å². The smallest absolute Gasteiger partial charge is 0.0595 e. The topological polar surface area (TPSA) is 9.23 Å². The molecule has 4 heteroatoms. The van der Waals surface area contributed by atoms with Crippen LogP contribution >= 0.6 is 39.1 Å². The first-order valence-electron chi connectivity index (χ1n) is 6.30. The Bertz CT molecular complexity index is 405. The van der Waals surface area contributed by atoms with Crippen LogP contribution in [0.2, 0.25) is 10.0 Å². The molecule has 1 saturated carbocycles. The lowest BCUT2D eigenvalue weighted by Gasteiger charge is -2.36. The van der Waals surface area contributed by atoms with Crippen LogP contribution in [-0.2, 0) is 4.74 Å². The second-order valence-electron chi connectivity index (χ2n) is 4.79. The van der Waals surface area contributed by atoms with Gasteiger partial charge in [-0.25, -0.2) is 0 Å². The molecular formula is C14H17BrCl2O. The van der Waals surface area contributed by atoms with Crippen LogP contribution in [0.1, 0.15) is 36.6 Å². The number of hydrogen-bond acceptors (Lipinski definition) is 1. The fraction of sp³-hybridized carbons (Fsp3) is 0.571. The summed E-state index contributed by atoms with van der Waals surface area (Å²) in [7, 11) is 0. The summed E-state index contributed by atoms with van der Waals surface area (Å²) in [6.45, 7) is 2.87. The zero-order valence-corrected chi connectivity index (χ0v) is 13.4. The third-order valence-electron chi connectivity index (χ3n) is 3.44. The Balaban J connectivity index is 1.85. The molecule has 2 rings (SSSR count). The Labute approximate surface area is 127 Å². The van der Waals surface area contributed by atoms with Crippen molar-refractivity contribution in [2.24, 2.45) is 5.92 Å². The van der Waals surface area contributed by atoms with Crippen LogP contribution < -0.4 is 0 Å². The van der Waals surface area contributed by atoms with Gasteiger partial charge in [0.2, 0.25) is 0 Å². The second-order valence-corrected chi connectivity index (χ2v) is 6.71. The molecule has 1 fully saturated rings. The van der Waals surface area contributed by atoms with E-state index in [9.17, 15) is 0 Å². The minimum Gasteiger partial charge on any atom is -0.378 e. The van der Waals surface area contributed by atoms with Gasteiger partial charge in [-0.1, -0.05) is 45.2 Å². The third kappa shape index (κ3) is 3.63. The average molecular weight is 352 g/mol. The predicted octanol–water partition coefficient (Wildman–Crippen LogP) is 5.63. The van der Waals surface area contributed by atoms with E-state index in [1.54, 1.807) is 0 Å². The predicted molar refractivity (Wildman–Crippen MR) is 80.9 cm³/mol. The van der Waals surface area contributed by atoms with Crippen molar-refractivity contribution >= 4 is 39.1 Å². The summed E-state index contributed by atoms with van der Waals surface area (Å²) >= 11 is 15.7. The van der Waals surface area contributed by atoms with Crippen LogP contribution in [0, 0.1) is 5.92 Å². The first-order valence-corrected chi connectivity index (χ1v) is 7.98. The first kappa shape index (κ1) is 14.6. The van der Waals surface area contributed by atoms with Crippen molar-refractivity contribution in [3.63, 3.8) is 0 Å². The Morgan fingerprint density at radius 2 is 2.06 bits per heavy atom. The third-order valence-corrected chi connectivity index (χ3v) is 5.08. The first-order chi connectivity index (χ1) is 8.60. The fourth-order valence-corrected chi connectivity index (χ4v) is 3.49. The number of rotatable bonds is 5. The van der Waals surface area contributed by atoms with Crippen LogP contribution in [0.3, 0.4) is 0 Å². The van der Waals surface area contributed by atoms with Gasteiger partial charge in [-0.3, -0.25) is 0 Å². The molecule has 1 atom stereocenters. The Morgan fingerprint density at radius 1 is 1.33 bits per heavy atom. The van der Waals surface area contributed by atoms with E-state index in [2.05, 4.69) is 22.9 Å². The van der Waals surface area contributed by atoms with E-state index in [4.69, 9.17) is 27.9 Å². The molecule has 100 valence electrons. The average Bonchev–Trinajstić information content (AvgIpc) is 2.30. The molecule has 1 nitrogen and oxygen atoms in total. The van der Waals surface area contributed by atoms with Gasteiger partial charge in [-0.05, 0) is 49.8 Å². The minimum absolute atomic E-state index is 0.347. The van der Waals surface area contributed by atoms with Gasteiger partial charge < -0.3 is 4.74 Å². The van der Waals surface area contributed by atoms with Gasteiger partial charge in [0.15, 0.2) is 0 Å². The molecular weight excluding hydrogens is 335 g/mol. The molecule has 1 aliphatic rings. The minimum atomic E-state index is 0.347. The van der Waals surface area contributed by atoms with Gasteiger partial charge >= 0.3 is 0 Å². The highest BCUT2D eigenvalue weighted by molar-refractivity contribution is 9.09. The summed E-state index contributed by atoms with van der Waals surface area (Å²) in [5, 5.41) is 1.24. The molecule has 0 amide bonds. The SMILES string of the molecule is CCOC1CC(CC(Br)c2ccc(Cl)c(Cl)c2)C1. The lowest BCUT2D eigenvalue weighted by atomic mass is 9.78. The molecule has 0 saturated heterocycles. The molecule has 1 aliphatic carbocycles. The Kier molecular flexibility index (Phi) is 5.37. The highest BCUT2D eigenvalue weighted by Crippen LogP contribution is 2.41. The van der Waals surface area contributed by atoms with Crippen molar-refractivity contribution in [2.45, 2.75) is 37.1 Å². The molecule has 0 aromatic heterocycles. The summed E-state index contributed by atoms with van der Waals surface area (Å²) in [5.41, 5.74) is 1.20. The molecule has 1 aromatic carbocycles. The van der Waals surface area contributed by atoms with E-state index in [0.29, 0.717) is 21.0 Å². The molecule has 1 aromatic rings. The maximum atomic E-state index is 6.03. The Morgan fingerprint density at radius 3 is 2.67 bits per heavy atom. The van der Waals surface area contributed by atoms with Crippen LogP contribution in [-0.4, -0.2) is 12.7 Å². The molecule has 0 bridgehead atoms. The van der Waals surface area contributed by atoms with Gasteiger partial charge in [-0.2, -0.15) is 0 Å². The normalized spacial score (nSPS) is 24.7. The van der Waals surface area contributed by atoms with E-state index >= 15 is 0 Å². The summed E-state index contributed by atoms with van der Waals surface area (Å²) in [6.07, 6.45) is 3.96. The van der Waals surface area contributed by atoms with Gasteiger partial charge in [0.05, 0.1) is 16.1 Å². The number of ether oxygens (including phenoxy) is 1. The largest absolute Gasteiger partial charge is 0.378 e. The van der Waals surface area contributed by atoms with E-state index < -0.39 is 0 Å². The summed E-state index contributed by atoms with van der Waals surface area (Å²) in [5.74, 6) is 0.750. The molecule has 0 radical (unpaired) electrons. The van der Waals surface area contributed by atoms with E-state index in [-0.39, 0.29) is 0 Å². The number of benzene rings is 1. The van der Waals surface area contributed by atoms with Crippen molar-refractivity contribution < 1.29 is 4.74 Å². The molecule has 0 heterocycles. The van der Waals surface area contributed by atoms with Gasteiger partial charge in [-0.15, -0.1) is 0 Å². The zero-order chi connectivity index (χ0) is 13.1. The molecule has 1 unspecified atom stereocenters. The number of halogens is 3. The number of hydrogen-bond donors (Lipinski definition) is 0. The van der Waals surface area contributed by atoms with Gasteiger partial charge in [0.1, 0.15) is 0 Å². The molecule has 0 aliphatic heterocycles. The van der Waals surface area contributed by atoms with Crippen molar-refractivity contribution in [3.8, 4) is 0 Å². The monoisotopic (exact) mass is 350 g/mol. The van der Waals surface area contributed by atoms with Crippen molar-refractivity contribution in [2.75, 3.05) is 6.61 Å². The van der Waals surface area contributed by atoms with Crippen LogP contribution in [0.4, 0.5) is 0 Å². The second kappa shape index (κ2) is 6.60. The van der Waals surface area contributed by atoms with E-state index in [1.807, 2.05) is 18.2 Å². The van der Waals surface area contributed by atoms with Crippen molar-refractivity contribution in [3.05, 3.63) is 33.8 Å². The summed E-state index contributed by atoms with van der Waals surface area (Å²) < 4.78 is 5.58. The summed E-state index contributed by atoms with van der Waals surface area (Å²) in [4.78, 5) is 0.347. The quantitative estimate of drug-likeness (QED) is 0.624. The maximum absolute atomic E-state index is 6.03. The molecule has 0 N–H and O–H groups in total. The summed E-state index contributed by atoms with van der Waals surface area (Å²) in [6, 6.07) is 5.84. The van der Waals surface area contributed by atoms with Crippen LogP contribution in [0.25, 0.3) is 0 Å². The molecule has 18 heavy (non-hydrogen) atoms. The lowest BCUT2D eigenvalue weighted by Crippen LogP contribution is -2.31. The highest BCUT2D eigenvalue weighted by Gasteiger charge is 2.31. The van der Waals surface area contributed by atoms with Gasteiger partial charge in [0, 0.05) is 11.4 Å². The van der Waals surface area contributed by atoms with Crippen LogP contribution in [0.15, 0.2) is 18.2 Å². The van der Waals surface area contributed by atoms with Crippen LogP contribution in [0.5, 0.6) is 0 Å². The number of alkyl halides is 1. The lowest BCUT2D eigenvalue weighted by molar-refractivity contribution is -0.0264.